The van der Waals surface area contributed by atoms with Crippen LogP contribution in [-0.4, -0.2) is 32.2 Å². The number of imidazole rings is 1. The smallest absolute Gasteiger partial charge is 0.411 e. The molecule has 2 heterocycles. The number of H-pyrrole nitrogens is 1. The Hall–Kier alpha value is -3.60. The average molecular weight is 448 g/mol. The summed E-state index contributed by atoms with van der Waals surface area (Å²) in [5, 5.41) is 9.12. The molecule has 0 radical (unpaired) electrons. The number of nitriles is 1. The van der Waals surface area contributed by atoms with Crippen LogP contribution in [0.4, 0.5) is 9.18 Å². The number of halogens is 1. The monoisotopic (exact) mass is 448 g/mol. The zero-order valence-corrected chi connectivity index (χ0v) is 18.5. The molecule has 1 saturated carbocycles. The Kier molecular flexibility index (Phi) is 5.00. The van der Waals surface area contributed by atoms with E-state index in [0.717, 1.165) is 36.8 Å². The fourth-order valence-corrected chi connectivity index (χ4v) is 5.50. The van der Waals surface area contributed by atoms with Gasteiger partial charge >= 0.3 is 11.8 Å². The number of cyclic esters (lactones) is 1. The lowest BCUT2D eigenvalue weighted by Crippen LogP contribution is -2.43. The maximum Gasteiger partial charge on any atom is 0.411 e. The molecule has 8 heteroatoms. The number of carbonyl (C=O) groups excluding carboxylic acids is 1. The number of carbonyl (C=O) groups is 1. The number of nitrogens with one attached hydrogen (secondary N) is 1. The van der Waals surface area contributed by atoms with Crippen molar-refractivity contribution in [2.24, 2.45) is 0 Å². The molecule has 1 atom stereocenters. The van der Waals surface area contributed by atoms with Gasteiger partial charge in [0.05, 0.1) is 28.7 Å². The van der Waals surface area contributed by atoms with Gasteiger partial charge in [-0.15, -0.1) is 0 Å². The number of aromatic nitrogens is 2. The third-order valence-electron chi connectivity index (χ3n) is 6.95. The quantitative estimate of drug-likeness (QED) is 0.623. The van der Waals surface area contributed by atoms with Gasteiger partial charge in [-0.05, 0) is 75.4 Å². The standard InChI is InChI=1S/C25H25FN4O3/c1-25(2)22(16-4-6-17(26)7-5-16)30(24(32)33-25)19-10-8-18(9-11-19)29-21-12-3-15(14-27)13-20(21)28-23(29)31/h3-7,12-13,18-19,22H,8-11H2,1-2H3,(H,28,31)/t18-,19-,22?. The number of fused-ring (bicyclic) bond motifs is 1. The predicted octanol–water partition coefficient (Wildman–Crippen LogP) is 4.80. The summed E-state index contributed by atoms with van der Waals surface area (Å²) in [7, 11) is 0. The molecule has 1 aromatic heterocycles. The van der Waals surface area contributed by atoms with Crippen LogP contribution in [0.25, 0.3) is 11.0 Å². The molecule has 2 aliphatic rings. The Bertz CT molecular complexity index is 1310. The van der Waals surface area contributed by atoms with E-state index in [4.69, 9.17) is 10.00 Å². The first-order chi connectivity index (χ1) is 15.8. The number of benzene rings is 2. The van der Waals surface area contributed by atoms with E-state index in [1.165, 1.54) is 12.1 Å². The van der Waals surface area contributed by atoms with E-state index in [0.29, 0.717) is 11.1 Å². The minimum atomic E-state index is -0.738. The van der Waals surface area contributed by atoms with Gasteiger partial charge in [-0.3, -0.25) is 9.47 Å². The number of aromatic amines is 1. The largest absolute Gasteiger partial charge is 0.441 e. The average Bonchev–Trinajstić information content (AvgIpc) is 3.24. The van der Waals surface area contributed by atoms with Crippen LogP contribution in [0, 0.1) is 17.1 Å². The van der Waals surface area contributed by atoms with Gasteiger partial charge in [-0.2, -0.15) is 5.26 Å². The predicted molar refractivity (Wildman–Crippen MR) is 120 cm³/mol. The summed E-state index contributed by atoms with van der Waals surface area (Å²) < 4.78 is 21.0. The summed E-state index contributed by atoms with van der Waals surface area (Å²) >= 11 is 0. The number of ether oxygens (including phenoxy) is 1. The molecule has 1 aliphatic carbocycles. The summed E-state index contributed by atoms with van der Waals surface area (Å²) in [5.74, 6) is -0.320. The zero-order chi connectivity index (χ0) is 23.3. The van der Waals surface area contributed by atoms with Crippen LogP contribution in [0.5, 0.6) is 0 Å². The maximum absolute atomic E-state index is 13.5. The molecule has 1 N–H and O–H groups in total. The van der Waals surface area contributed by atoms with Crippen LogP contribution in [0.15, 0.2) is 47.3 Å². The normalized spacial score (nSPS) is 24.6. The first-order valence-electron chi connectivity index (χ1n) is 11.2. The molecule has 5 rings (SSSR count). The Labute approximate surface area is 190 Å². The maximum atomic E-state index is 13.5. The van der Waals surface area contributed by atoms with Gasteiger partial charge in [-0.1, -0.05) is 12.1 Å². The third kappa shape index (κ3) is 3.58. The van der Waals surface area contributed by atoms with Gasteiger partial charge in [-0.25, -0.2) is 14.0 Å². The number of hydrogen-bond donors (Lipinski definition) is 1. The van der Waals surface area contributed by atoms with Crippen LogP contribution < -0.4 is 5.69 Å². The molecule has 2 fully saturated rings. The van der Waals surface area contributed by atoms with Crippen molar-refractivity contribution in [2.45, 2.75) is 63.3 Å². The fraction of sp³-hybridized carbons (Fsp3) is 0.400. The molecule has 2 aromatic carbocycles. The lowest BCUT2D eigenvalue weighted by atomic mass is 9.86. The first kappa shape index (κ1) is 21.3. The molecule has 3 aromatic rings. The van der Waals surface area contributed by atoms with Crippen LogP contribution in [-0.2, 0) is 4.74 Å². The van der Waals surface area contributed by atoms with Gasteiger partial charge in [0.25, 0.3) is 0 Å². The lowest BCUT2D eigenvalue weighted by molar-refractivity contribution is 0.0662. The second kappa shape index (κ2) is 7.77. The summed E-state index contributed by atoms with van der Waals surface area (Å²) in [6, 6.07) is 13.2. The molecule has 7 nitrogen and oxygen atoms in total. The van der Waals surface area contributed by atoms with Crippen molar-refractivity contribution in [2.75, 3.05) is 0 Å². The SMILES string of the molecule is CC1(C)OC(=O)N([C@H]2CC[C@H](n3c(=O)[nH]c4cc(C#N)ccc43)CC2)C1c1ccc(F)cc1. The molecule has 1 unspecified atom stereocenters. The van der Waals surface area contributed by atoms with Crippen molar-refractivity contribution >= 4 is 17.1 Å². The van der Waals surface area contributed by atoms with Crippen molar-refractivity contribution in [3.05, 3.63) is 69.9 Å². The molecule has 1 saturated heterocycles. The highest BCUT2D eigenvalue weighted by Crippen LogP contribution is 2.45. The molecular formula is C25H25FN4O3. The van der Waals surface area contributed by atoms with Crippen molar-refractivity contribution in [1.29, 1.82) is 5.26 Å². The molecule has 0 spiro atoms. The topological polar surface area (TPSA) is 91.1 Å². The zero-order valence-electron chi connectivity index (χ0n) is 18.5. The van der Waals surface area contributed by atoms with E-state index < -0.39 is 5.60 Å². The minimum absolute atomic E-state index is 0.00587. The molecule has 1 amide bonds. The number of amides is 1. The van der Waals surface area contributed by atoms with Crippen molar-refractivity contribution in [1.82, 2.24) is 14.5 Å². The van der Waals surface area contributed by atoms with Crippen LogP contribution >= 0.6 is 0 Å². The van der Waals surface area contributed by atoms with Gasteiger partial charge in [0.15, 0.2) is 0 Å². The number of hydrogen-bond acceptors (Lipinski definition) is 4. The van der Waals surface area contributed by atoms with E-state index in [2.05, 4.69) is 11.1 Å². The van der Waals surface area contributed by atoms with Crippen molar-refractivity contribution in [3.63, 3.8) is 0 Å². The first-order valence-corrected chi connectivity index (χ1v) is 11.2. The van der Waals surface area contributed by atoms with E-state index in [-0.39, 0.29) is 35.7 Å². The minimum Gasteiger partial charge on any atom is -0.441 e. The van der Waals surface area contributed by atoms with E-state index in [9.17, 15) is 14.0 Å². The van der Waals surface area contributed by atoms with Gasteiger partial charge in [0, 0.05) is 12.1 Å². The second-order valence-electron chi connectivity index (χ2n) is 9.44. The highest BCUT2D eigenvalue weighted by Gasteiger charge is 2.51. The van der Waals surface area contributed by atoms with Gasteiger partial charge in [0.1, 0.15) is 11.4 Å². The molecule has 0 bridgehead atoms. The summed E-state index contributed by atoms with van der Waals surface area (Å²) in [6.07, 6.45) is 2.56. The second-order valence-corrected chi connectivity index (χ2v) is 9.44. The van der Waals surface area contributed by atoms with Crippen LogP contribution in [0.1, 0.15) is 62.7 Å². The van der Waals surface area contributed by atoms with Crippen LogP contribution in [0.2, 0.25) is 0 Å². The summed E-state index contributed by atoms with van der Waals surface area (Å²) in [4.78, 5) is 30.2. The van der Waals surface area contributed by atoms with Gasteiger partial charge in [0.2, 0.25) is 0 Å². The van der Waals surface area contributed by atoms with E-state index in [1.807, 2.05) is 19.9 Å². The molecule has 1 aliphatic heterocycles. The molecule has 33 heavy (non-hydrogen) atoms. The van der Waals surface area contributed by atoms with Crippen LogP contribution in [0.3, 0.4) is 0 Å². The fourth-order valence-electron chi connectivity index (χ4n) is 5.50. The third-order valence-corrected chi connectivity index (χ3v) is 6.95. The Morgan fingerprint density at radius 1 is 1.06 bits per heavy atom. The van der Waals surface area contributed by atoms with Crippen molar-refractivity contribution in [3.8, 4) is 6.07 Å². The molecular weight excluding hydrogens is 423 g/mol. The van der Waals surface area contributed by atoms with Gasteiger partial charge < -0.3 is 9.72 Å². The van der Waals surface area contributed by atoms with E-state index >= 15 is 0 Å². The Morgan fingerprint density at radius 3 is 2.39 bits per heavy atom. The Balaban J connectivity index is 1.39. The summed E-state index contributed by atoms with van der Waals surface area (Å²) in [6.45, 7) is 3.76. The number of rotatable bonds is 3. The molecule has 170 valence electrons. The van der Waals surface area contributed by atoms with E-state index in [1.54, 1.807) is 33.7 Å². The number of nitrogens with zero attached hydrogens (tertiary/aromatic N) is 3. The lowest BCUT2D eigenvalue weighted by Gasteiger charge is -2.38. The Morgan fingerprint density at radius 2 is 1.73 bits per heavy atom. The highest BCUT2D eigenvalue weighted by molar-refractivity contribution is 5.77. The summed E-state index contributed by atoms with van der Waals surface area (Å²) in [5.41, 5.74) is 1.86. The van der Waals surface area contributed by atoms with Crippen molar-refractivity contribution < 1.29 is 13.9 Å². The highest BCUT2D eigenvalue weighted by atomic mass is 19.1.